The molecule has 116 valence electrons. The summed E-state index contributed by atoms with van der Waals surface area (Å²) in [6.45, 7) is 5.93. The molecule has 0 heterocycles. The molecule has 1 amide bonds. The van der Waals surface area contributed by atoms with E-state index in [2.05, 4.69) is 19.2 Å². The lowest BCUT2D eigenvalue weighted by molar-refractivity contribution is -0.120. The number of carbonyl (C=O) groups is 2. The maximum atomic E-state index is 11.7. The van der Waals surface area contributed by atoms with E-state index in [1.54, 1.807) is 12.1 Å². The van der Waals surface area contributed by atoms with Crippen LogP contribution in [0.25, 0.3) is 0 Å². The van der Waals surface area contributed by atoms with Crippen molar-refractivity contribution in [1.29, 1.82) is 0 Å². The van der Waals surface area contributed by atoms with Gasteiger partial charge in [-0.15, -0.1) is 0 Å². The van der Waals surface area contributed by atoms with Crippen molar-refractivity contribution in [3.63, 3.8) is 0 Å². The normalized spacial score (nSPS) is 10.6. The van der Waals surface area contributed by atoms with E-state index < -0.39 is 5.97 Å². The molecule has 0 unspecified atom stereocenters. The van der Waals surface area contributed by atoms with Crippen molar-refractivity contribution in [3.05, 3.63) is 35.4 Å². The average Bonchev–Trinajstić information content (AvgIpc) is 2.42. The summed E-state index contributed by atoms with van der Waals surface area (Å²) < 4.78 is 5.40. The Balaban J connectivity index is 2.24. The molecular formula is C16H23NO4. The SMILES string of the molecule is CC(C)CCOCCNC(=O)Cc1cccc(C(=O)O)c1. The summed E-state index contributed by atoms with van der Waals surface area (Å²) in [4.78, 5) is 22.6. The molecule has 1 aromatic rings. The number of carboxylic acid groups (broad SMARTS) is 1. The zero-order valence-electron chi connectivity index (χ0n) is 12.6. The van der Waals surface area contributed by atoms with E-state index in [-0.39, 0.29) is 17.9 Å². The van der Waals surface area contributed by atoms with Gasteiger partial charge in [-0.1, -0.05) is 26.0 Å². The third-order valence-corrected chi connectivity index (χ3v) is 2.95. The molecule has 0 aromatic heterocycles. The van der Waals surface area contributed by atoms with Crippen LogP contribution in [-0.4, -0.2) is 36.7 Å². The molecule has 0 aliphatic rings. The number of nitrogens with one attached hydrogen (secondary N) is 1. The second-order valence-electron chi connectivity index (χ2n) is 5.33. The predicted molar refractivity (Wildman–Crippen MR) is 80.4 cm³/mol. The van der Waals surface area contributed by atoms with Crippen molar-refractivity contribution in [1.82, 2.24) is 5.32 Å². The lowest BCUT2D eigenvalue weighted by Crippen LogP contribution is -2.28. The van der Waals surface area contributed by atoms with Crippen LogP contribution in [0.4, 0.5) is 0 Å². The van der Waals surface area contributed by atoms with Gasteiger partial charge < -0.3 is 15.2 Å². The first-order valence-corrected chi connectivity index (χ1v) is 7.15. The third kappa shape index (κ3) is 7.46. The predicted octanol–water partition coefficient (Wildman–Crippen LogP) is 2.11. The maximum absolute atomic E-state index is 11.7. The molecule has 5 nitrogen and oxygen atoms in total. The van der Waals surface area contributed by atoms with E-state index in [0.29, 0.717) is 31.2 Å². The molecule has 0 saturated heterocycles. The van der Waals surface area contributed by atoms with Gasteiger partial charge in [0.1, 0.15) is 0 Å². The van der Waals surface area contributed by atoms with E-state index in [1.807, 2.05) is 0 Å². The molecule has 0 radical (unpaired) electrons. The second kappa shape index (κ2) is 9.13. The molecule has 1 rings (SSSR count). The Hall–Kier alpha value is -1.88. The Morgan fingerprint density at radius 2 is 2.05 bits per heavy atom. The summed E-state index contributed by atoms with van der Waals surface area (Å²) >= 11 is 0. The molecule has 0 aliphatic carbocycles. The van der Waals surface area contributed by atoms with Crippen LogP contribution in [0, 0.1) is 5.92 Å². The van der Waals surface area contributed by atoms with E-state index in [1.165, 1.54) is 12.1 Å². The van der Waals surface area contributed by atoms with Crippen LogP contribution < -0.4 is 5.32 Å². The molecule has 0 saturated carbocycles. The number of amides is 1. The van der Waals surface area contributed by atoms with E-state index >= 15 is 0 Å². The Kier molecular flexibility index (Phi) is 7.46. The van der Waals surface area contributed by atoms with Crippen LogP contribution in [0.2, 0.25) is 0 Å². The van der Waals surface area contributed by atoms with Gasteiger partial charge in [-0.25, -0.2) is 4.79 Å². The monoisotopic (exact) mass is 293 g/mol. The van der Waals surface area contributed by atoms with Crippen LogP contribution >= 0.6 is 0 Å². The van der Waals surface area contributed by atoms with Crippen molar-refractivity contribution < 1.29 is 19.4 Å². The first-order chi connectivity index (χ1) is 9.99. The summed E-state index contributed by atoms with van der Waals surface area (Å²) in [5.41, 5.74) is 0.880. The molecule has 21 heavy (non-hydrogen) atoms. The number of benzene rings is 1. The van der Waals surface area contributed by atoms with Crippen LogP contribution in [0.3, 0.4) is 0 Å². The van der Waals surface area contributed by atoms with Gasteiger partial charge in [0.15, 0.2) is 0 Å². The van der Waals surface area contributed by atoms with Gasteiger partial charge in [0.25, 0.3) is 0 Å². The highest BCUT2D eigenvalue weighted by molar-refractivity contribution is 5.88. The zero-order chi connectivity index (χ0) is 15.7. The van der Waals surface area contributed by atoms with Crippen molar-refractivity contribution in [2.24, 2.45) is 5.92 Å². The molecule has 0 fully saturated rings. The average molecular weight is 293 g/mol. The molecule has 0 aliphatic heterocycles. The number of carboxylic acids is 1. The van der Waals surface area contributed by atoms with Crippen LogP contribution in [0.15, 0.2) is 24.3 Å². The van der Waals surface area contributed by atoms with Gasteiger partial charge in [-0.05, 0) is 30.0 Å². The second-order valence-corrected chi connectivity index (χ2v) is 5.33. The minimum Gasteiger partial charge on any atom is -0.478 e. The smallest absolute Gasteiger partial charge is 0.335 e. The number of aromatic carboxylic acids is 1. The fraction of sp³-hybridized carbons (Fsp3) is 0.500. The van der Waals surface area contributed by atoms with E-state index in [4.69, 9.17) is 9.84 Å². The number of hydrogen-bond donors (Lipinski definition) is 2. The van der Waals surface area contributed by atoms with Crippen molar-refractivity contribution in [2.75, 3.05) is 19.8 Å². The quantitative estimate of drug-likeness (QED) is 0.684. The van der Waals surface area contributed by atoms with Crippen molar-refractivity contribution in [3.8, 4) is 0 Å². The number of carbonyl (C=O) groups excluding carboxylic acids is 1. The van der Waals surface area contributed by atoms with Gasteiger partial charge >= 0.3 is 5.97 Å². The highest BCUT2D eigenvalue weighted by Gasteiger charge is 2.06. The molecule has 5 heteroatoms. The fourth-order valence-electron chi connectivity index (χ4n) is 1.75. The highest BCUT2D eigenvalue weighted by atomic mass is 16.5. The Labute approximate surface area is 125 Å². The fourth-order valence-corrected chi connectivity index (χ4v) is 1.75. The molecule has 0 atom stereocenters. The maximum Gasteiger partial charge on any atom is 0.335 e. The van der Waals surface area contributed by atoms with Crippen LogP contribution in [0.1, 0.15) is 36.2 Å². The number of hydrogen-bond acceptors (Lipinski definition) is 3. The Morgan fingerprint density at radius 3 is 2.71 bits per heavy atom. The summed E-state index contributed by atoms with van der Waals surface area (Å²) in [7, 11) is 0. The summed E-state index contributed by atoms with van der Waals surface area (Å²) in [6, 6.07) is 6.40. The van der Waals surface area contributed by atoms with Gasteiger partial charge in [0.2, 0.25) is 5.91 Å². The van der Waals surface area contributed by atoms with Gasteiger partial charge in [0, 0.05) is 13.2 Å². The number of rotatable bonds is 9. The van der Waals surface area contributed by atoms with Crippen LogP contribution in [0.5, 0.6) is 0 Å². The molecule has 2 N–H and O–H groups in total. The van der Waals surface area contributed by atoms with E-state index in [0.717, 1.165) is 6.42 Å². The Bertz CT molecular complexity index is 471. The van der Waals surface area contributed by atoms with Gasteiger partial charge in [-0.3, -0.25) is 4.79 Å². The summed E-state index contributed by atoms with van der Waals surface area (Å²) in [6.07, 6.45) is 1.18. The summed E-state index contributed by atoms with van der Waals surface area (Å²) in [5.74, 6) is -0.512. The van der Waals surface area contributed by atoms with Gasteiger partial charge in [-0.2, -0.15) is 0 Å². The van der Waals surface area contributed by atoms with Crippen molar-refractivity contribution in [2.45, 2.75) is 26.7 Å². The lowest BCUT2D eigenvalue weighted by atomic mass is 10.1. The van der Waals surface area contributed by atoms with Gasteiger partial charge in [0.05, 0.1) is 18.6 Å². The largest absolute Gasteiger partial charge is 0.478 e. The minimum atomic E-state index is -0.990. The van der Waals surface area contributed by atoms with Crippen molar-refractivity contribution >= 4 is 11.9 Å². The summed E-state index contributed by atoms with van der Waals surface area (Å²) in [5, 5.41) is 11.6. The zero-order valence-corrected chi connectivity index (χ0v) is 12.6. The van der Waals surface area contributed by atoms with E-state index in [9.17, 15) is 9.59 Å². The first kappa shape index (κ1) is 17.2. The molecular weight excluding hydrogens is 270 g/mol. The Morgan fingerprint density at radius 1 is 1.29 bits per heavy atom. The topological polar surface area (TPSA) is 75.6 Å². The third-order valence-electron chi connectivity index (χ3n) is 2.95. The van der Waals surface area contributed by atoms with Crippen LogP contribution in [-0.2, 0) is 16.0 Å². The molecule has 1 aromatic carbocycles. The molecule has 0 bridgehead atoms. The number of ether oxygens (including phenoxy) is 1. The lowest BCUT2D eigenvalue weighted by Gasteiger charge is -2.08. The molecule has 0 spiro atoms. The minimum absolute atomic E-state index is 0.134. The highest BCUT2D eigenvalue weighted by Crippen LogP contribution is 2.06. The first-order valence-electron chi connectivity index (χ1n) is 7.15. The standard InChI is InChI=1S/C16H23NO4/c1-12(2)6-8-21-9-7-17-15(18)11-13-4-3-5-14(10-13)16(19)20/h3-5,10,12H,6-9,11H2,1-2H3,(H,17,18)(H,19,20).